The number of ether oxygens (including phenoxy) is 1. The lowest BCUT2D eigenvalue weighted by Gasteiger charge is -2.28. The van der Waals surface area contributed by atoms with Crippen LogP contribution in [0.1, 0.15) is 5.56 Å². The number of pyridine rings is 1. The van der Waals surface area contributed by atoms with Gasteiger partial charge in [-0.3, -0.25) is 4.79 Å². The second-order valence-corrected chi connectivity index (χ2v) is 4.92. The van der Waals surface area contributed by atoms with Crippen molar-refractivity contribution in [1.82, 2.24) is 4.98 Å². The molecular weight excluding hydrogens is 373 g/mol. The van der Waals surface area contributed by atoms with Gasteiger partial charge in [0.1, 0.15) is 5.75 Å². The summed E-state index contributed by atoms with van der Waals surface area (Å²) in [5.41, 5.74) is -1.18. The van der Waals surface area contributed by atoms with E-state index in [1.807, 2.05) is 0 Å². The molecule has 0 spiro atoms. The summed E-state index contributed by atoms with van der Waals surface area (Å²) in [5.74, 6) is -11.8. The maximum Gasteiger partial charge on any atom is 0.460 e. The van der Waals surface area contributed by atoms with Crippen LogP contribution >= 0.6 is 0 Å². The van der Waals surface area contributed by atoms with E-state index in [1.54, 1.807) is 0 Å². The first-order valence-electron chi connectivity index (χ1n) is 6.76. The second kappa shape index (κ2) is 6.81. The Hall–Kier alpha value is -2.85. The highest BCUT2D eigenvalue weighted by Gasteiger charge is 2.73. The molecule has 4 nitrogen and oxygen atoms in total. The summed E-state index contributed by atoms with van der Waals surface area (Å²) in [5, 5.41) is 2.30. The van der Waals surface area contributed by atoms with E-state index in [0.717, 1.165) is 12.1 Å². The number of hydrogen-bond acceptors (Lipinski definition) is 3. The van der Waals surface area contributed by atoms with Crippen molar-refractivity contribution in [2.45, 2.75) is 18.0 Å². The van der Waals surface area contributed by atoms with Gasteiger partial charge in [-0.25, -0.2) is 4.98 Å². The Bertz CT molecular complexity index is 759. The molecular formula is C15H9F7N2O2. The zero-order valence-electron chi connectivity index (χ0n) is 12.5. The lowest BCUT2D eigenvalue weighted by molar-refractivity contribution is -0.359. The number of alkyl halides is 7. The SMILES string of the molecule is O=CNc1ccc(Oc2ccc(C(F)(F)C(F)(F)C(F)(F)F)cc2)nc1. The van der Waals surface area contributed by atoms with Crippen LogP contribution in [-0.4, -0.2) is 23.5 Å². The largest absolute Gasteiger partial charge is 0.460 e. The fourth-order valence-electron chi connectivity index (χ4n) is 1.81. The number of nitrogens with zero attached hydrogens (tertiary/aromatic N) is 1. The average Bonchev–Trinajstić information content (AvgIpc) is 2.56. The molecule has 0 saturated carbocycles. The zero-order valence-corrected chi connectivity index (χ0v) is 12.5. The van der Waals surface area contributed by atoms with E-state index >= 15 is 0 Å². The normalized spacial score (nSPS) is 12.6. The van der Waals surface area contributed by atoms with Gasteiger partial charge in [0.15, 0.2) is 0 Å². The molecule has 0 unspecified atom stereocenters. The highest BCUT2D eigenvalue weighted by molar-refractivity contribution is 5.70. The van der Waals surface area contributed by atoms with Crippen LogP contribution < -0.4 is 10.1 Å². The van der Waals surface area contributed by atoms with Crippen LogP contribution in [0.25, 0.3) is 0 Å². The molecule has 140 valence electrons. The summed E-state index contributed by atoms with van der Waals surface area (Å²) in [7, 11) is 0. The Morgan fingerprint density at radius 3 is 2.00 bits per heavy atom. The van der Waals surface area contributed by atoms with Crippen molar-refractivity contribution in [1.29, 1.82) is 0 Å². The molecule has 26 heavy (non-hydrogen) atoms. The zero-order chi connectivity index (χ0) is 19.6. The van der Waals surface area contributed by atoms with Gasteiger partial charge in [0.05, 0.1) is 11.9 Å². The maximum absolute atomic E-state index is 13.5. The molecule has 1 aromatic carbocycles. The molecule has 0 aliphatic heterocycles. The number of rotatable bonds is 6. The first-order valence-corrected chi connectivity index (χ1v) is 6.76. The third-order valence-electron chi connectivity index (χ3n) is 3.15. The lowest BCUT2D eigenvalue weighted by Crippen LogP contribution is -2.49. The van der Waals surface area contributed by atoms with Crippen LogP contribution in [0.5, 0.6) is 11.6 Å². The van der Waals surface area contributed by atoms with Crippen LogP contribution in [0, 0.1) is 0 Å². The van der Waals surface area contributed by atoms with Crippen molar-refractivity contribution < 1.29 is 40.3 Å². The standard InChI is InChI=1S/C15H9F7N2O2/c16-13(17,14(18,19)15(20,21)22)9-1-4-11(5-2-9)26-12-6-3-10(7-23-12)24-8-25/h1-8H,(H,24,25). The first kappa shape index (κ1) is 19.5. The molecule has 0 bridgehead atoms. The number of carbonyl (C=O) groups is 1. The monoisotopic (exact) mass is 382 g/mol. The minimum Gasteiger partial charge on any atom is -0.439 e. The molecule has 0 saturated heterocycles. The summed E-state index contributed by atoms with van der Waals surface area (Å²) < 4.78 is 94.8. The van der Waals surface area contributed by atoms with Gasteiger partial charge in [-0.2, -0.15) is 30.7 Å². The molecule has 0 aliphatic rings. The van der Waals surface area contributed by atoms with E-state index in [0.29, 0.717) is 24.2 Å². The lowest BCUT2D eigenvalue weighted by atomic mass is 10.0. The van der Waals surface area contributed by atoms with Crippen LogP contribution in [-0.2, 0) is 10.7 Å². The summed E-state index contributed by atoms with van der Waals surface area (Å²) in [6.45, 7) is 0. The highest BCUT2D eigenvalue weighted by atomic mass is 19.4. The Morgan fingerprint density at radius 2 is 1.54 bits per heavy atom. The molecule has 0 aliphatic carbocycles. The van der Waals surface area contributed by atoms with Gasteiger partial charge < -0.3 is 10.1 Å². The molecule has 1 aromatic heterocycles. The molecule has 0 radical (unpaired) electrons. The van der Waals surface area contributed by atoms with Gasteiger partial charge >= 0.3 is 18.0 Å². The van der Waals surface area contributed by atoms with Gasteiger partial charge in [0, 0.05) is 11.6 Å². The van der Waals surface area contributed by atoms with Gasteiger partial charge in [-0.05, 0) is 30.3 Å². The summed E-state index contributed by atoms with van der Waals surface area (Å²) in [6.07, 6.45) is -4.78. The summed E-state index contributed by atoms with van der Waals surface area (Å²) >= 11 is 0. The van der Waals surface area contributed by atoms with Crippen molar-refractivity contribution in [2.24, 2.45) is 0 Å². The second-order valence-electron chi connectivity index (χ2n) is 4.92. The van der Waals surface area contributed by atoms with Crippen molar-refractivity contribution in [3.63, 3.8) is 0 Å². The van der Waals surface area contributed by atoms with E-state index in [2.05, 4.69) is 10.3 Å². The van der Waals surface area contributed by atoms with E-state index in [-0.39, 0.29) is 11.6 Å². The van der Waals surface area contributed by atoms with Crippen LogP contribution in [0.2, 0.25) is 0 Å². The van der Waals surface area contributed by atoms with Gasteiger partial charge in [-0.15, -0.1) is 0 Å². The van der Waals surface area contributed by atoms with Crippen LogP contribution in [0.15, 0.2) is 42.6 Å². The minimum atomic E-state index is -6.41. The van der Waals surface area contributed by atoms with Crippen molar-refractivity contribution in [3.8, 4) is 11.6 Å². The Morgan fingerprint density at radius 1 is 0.923 bits per heavy atom. The number of halogens is 7. The van der Waals surface area contributed by atoms with Crippen molar-refractivity contribution in [2.75, 3.05) is 5.32 Å². The number of nitrogens with one attached hydrogen (secondary N) is 1. The Kier molecular flexibility index (Phi) is 5.10. The number of aromatic nitrogens is 1. The topological polar surface area (TPSA) is 51.2 Å². The quantitative estimate of drug-likeness (QED) is 0.581. The molecule has 2 rings (SSSR count). The van der Waals surface area contributed by atoms with E-state index < -0.39 is 23.6 Å². The fourth-order valence-corrected chi connectivity index (χ4v) is 1.81. The van der Waals surface area contributed by atoms with E-state index in [4.69, 9.17) is 4.74 Å². The fraction of sp³-hybridized carbons (Fsp3) is 0.200. The minimum absolute atomic E-state index is 0.0263. The summed E-state index contributed by atoms with van der Waals surface area (Å²) in [6, 6.07) is 5.12. The third-order valence-corrected chi connectivity index (χ3v) is 3.15. The molecule has 0 fully saturated rings. The average molecular weight is 382 g/mol. The molecule has 2 aromatic rings. The van der Waals surface area contributed by atoms with E-state index in [1.165, 1.54) is 18.3 Å². The number of benzene rings is 1. The molecule has 1 N–H and O–H groups in total. The number of anilines is 1. The smallest absolute Gasteiger partial charge is 0.439 e. The van der Waals surface area contributed by atoms with E-state index in [9.17, 15) is 35.5 Å². The summed E-state index contributed by atoms with van der Waals surface area (Å²) in [4.78, 5) is 14.0. The van der Waals surface area contributed by atoms with Crippen molar-refractivity contribution >= 4 is 12.1 Å². The first-order chi connectivity index (χ1) is 12.0. The van der Waals surface area contributed by atoms with Gasteiger partial charge in [-0.1, -0.05) is 0 Å². The molecule has 0 atom stereocenters. The van der Waals surface area contributed by atoms with Gasteiger partial charge in [0.25, 0.3) is 0 Å². The van der Waals surface area contributed by atoms with Crippen LogP contribution in [0.3, 0.4) is 0 Å². The van der Waals surface area contributed by atoms with Gasteiger partial charge in [0.2, 0.25) is 12.3 Å². The number of amides is 1. The van der Waals surface area contributed by atoms with Crippen molar-refractivity contribution in [3.05, 3.63) is 48.2 Å². The number of carbonyl (C=O) groups excluding carboxylic acids is 1. The Balaban J connectivity index is 2.18. The maximum atomic E-state index is 13.5. The number of hydrogen-bond donors (Lipinski definition) is 1. The molecule has 1 amide bonds. The predicted molar refractivity (Wildman–Crippen MR) is 75.3 cm³/mol. The highest BCUT2D eigenvalue weighted by Crippen LogP contribution is 2.51. The third kappa shape index (κ3) is 3.70. The van der Waals surface area contributed by atoms with Crippen LogP contribution in [0.4, 0.5) is 36.4 Å². The molecule has 11 heteroatoms. The Labute approximate surface area is 141 Å². The predicted octanol–water partition coefficient (Wildman–Crippen LogP) is 4.73. The molecule has 1 heterocycles.